The fraction of sp³-hybridized carbons (Fsp3) is 0.533. The van der Waals surface area contributed by atoms with Gasteiger partial charge in [0.15, 0.2) is 0 Å². The molecule has 0 aliphatic rings. The summed E-state index contributed by atoms with van der Waals surface area (Å²) >= 11 is 0. The summed E-state index contributed by atoms with van der Waals surface area (Å²) in [6.07, 6.45) is -0.425. The van der Waals surface area contributed by atoms with E-state index in [0.717, 1.165) is 12.2 Å². The summed E-state index contributed by atoms with van der Waals surface area (Å²) in [6, 6.07) is 7.16. The second-order valence-electron chi connectivity index (χ2n) is 5.50. The Kier molecular flexibility index (Phi) is 5.67. The van der Waals surface area contributed by atoms with Crippen LogP contribution in [0.25, 0.3) is 0 Å². The maximum absolute atomic E-state index is 11.5. The van der Waals surface area contributed by atoms with Crippen molar-refractivity contribution in [2.24, 2.45) is 0 Å². The van der Waals surface area contributed by atoms with Crippen LogP contribution < -0.4 is 10.2 Å². The van der Waals surface area contributed by atoms with Gasteiger partial charge >= 0.3 is 6.09 Å². The molecule has 0 unspecified atom stereocenters. The molecule has 1 amide bonds. The highest BCUT2D eigenvalue weighted by molar-refractivity contribution is 5.67. The topological polar surface area (TPSA) is 61.8 Å². The molecule has 5 heteroatoms. The maximum Gasteiger partial charge on any atom is 0.407 e. The van der Waals surface area contributed by atoms with Crippen LogP contribution in [0.3, 0.4) is 0 Å². The van der Waals surface area contributed by atoms with Gasteiger partial charge in [-0.15, -0.1) is 0 Å². The molecule has 0 spiro atoms. The van der Waals surface area contributed by atoms with Gasteiger partial charge in [-0.05, 0) is 39.8 Å². The molecule has 0 atom stereocenters. The molecule has 0 bridgehead atoms. The third-order valence-electron chi connectivity index (χ3n) is 2.65. The first kappa shape index (κ1) is 16.1. The van der Waals surface area contributed by atoms with Crippen LogP contribution in [0.5, 0.6) is 5.75 Å². The Labute approximate surface area is 120 Å². The molecule has 2 N–H and O–H groups in total. The second kappa shape index (κ2) is 7.03. The Morgan fingerprint density at radius 2 is 2.00 bits per heavy atom. The van der Waals surface area contributed by atoms with Gasteiger partial charge < -0.3 is 20.1 Å². The summed E-state index contributed by atoms with van der Waals surface area (Å²) < 4.78 is 5.16. The van der Waals surface area contributed by atoms with Crippen molar-refractivity contribution in [2.75, 3.05) is 24.5 Å². The summed E-state index contributed by atoms with van der Waals surface area (Å²) in [5, 5.41) is 12.5. The number of anilines is 1. The number of rotatable bonds is 5. The fourth-order valence-electron chi connectivity index (χ4n) is 1.79. The summed E-state index contributed by atoms with van der Waals surface area (Å²) in [4.78, 5) is 13.5. The van der Waals surface area contributed by atoms with E-state index in [9.17, 15) is 9.90 Å². The van der Waals surface area contributed by atoms with Crippen LogP contribution in [0.2, 0.25) is 0 Å². The van der Waals surface area contributed by atoms with Gasteiger partial charge in [-0.25, -0.2) is 4.79 Å². The normalized spacial score (nSPS) is 11.0. The minimum Gasteiger partial charge on any atom is -0.506 e. The van der Waals surface area contributed by atoms with Gasteiger partial charge in [-0.1, -0.05) is 12.1 Å². The molecule has 5 nitrogen and oxygen atoms in total. The second-order valence-corrected chi connectivity index (χ2v) is 5.50. The van der Waals surface area contributed by atoms with Crippen LogP contribution in [-0.4, -0.2) is 36.4 Å². The number of benzene rings is 1. The monoisotopic (exact) mass is 280 g/mol. The molecular formula is C15H24N2O3. The SMILES string of the molecule is CCN(CCNC(=O)OC(C)(C)C)c1ccccc1O. The molecule has 0 aliphatic carbocycles. The highest BCUT2D eigenvalue weighted by Crippen LogP contribution is 2.25. The predicted molar refractivity (Wildman–Crippen MR) is 80.2 cm³/mol. The highest BCUT2D eigenvalue weighted by atomic mass is 16.6. The Morgan fingerprint density at radius 3 is 2.55 bits per heavy atom. The molecule has 0 saturated carbocycles. The average molecular weight is 280 g/mol. The first-order chi connectivity index (χ1) is 9.33. The van der Waals surface area contributed by atoms with E-state index < -0.39 is 11.7 Å². The minimum absolute atomic E-state index is 0.242. The molecule has 1 aromatic rings. The average Bonchev–Trinajstić information content (AvgIpc) is 2.34. The molecule has 112 valence electrons. The zero-order valence-electron chi connectivity index (χ0n) is 12.6. The van der Waals surface area contributed by atoms with Gasteiger partial charge in [-0.3, -0.25) is 0 Å². The number of nitrogens with one attached hydrogen (secondary N) is 1. The molecule has 0 saturated heterocycles. The van der Waals surface area contributed by atoms with Gasteiger partial charge in [0, 0.05) is 19.6 Å². The van der Waals surface area contributed by atoms with Gasteiger partial charge in [0.25, 0.3) is 0 Å². The number of carbonyl (C=O) groups is 1. The lowest BCUT2D eigenvalue weighted by molar-refractivity contribution is 0.0529. The van der Waals surface area contributed by atoms with E-state index in [0.29, 0.717) is 13.1 Å². The van der Waals surface area contributed by atoms with E-state index in [4.69, 9.17) is 4.74 Å². The van der Waals surface area contributed by atoms with Gasteiger partial charge in [0.2, 0.25) is 0 Å². The smallest absolute Gasteiger partial charge is 0.407 e. The first-order valence-electron chi connectivity index (χ1n) is 6.83. The lowest BCUT2D eigenvalue weighted by atomic mass is 10.2. The minimum atomic E-state index is -0.494. The summed E-state index contributed by atoms with van der Waals surface area (Å²) in [7, 11) is 0. The fourth-order valence-corrected chi connectivity index (χ4v) is 1.79. The van der Waals surface area contributed by atoms with Crippen LogP contribution in [-0.2, 0) is 4.74 Å². The third-order valence-corrected chi connectivity index (χ3v) is 2.65. The largest absolute Gasteiger partial charge is 0.506 e. The number of ether oxygens (including phenoxy) is 1. The van der Waals surface area contributed by atoms with Crippen molar-refractivity contribution in [3.8, 4) is 5.75 Å². The Balaban J connectivity index is 2.47. The Hall–Kier alpha value is -1.91. The Morgan fingerprint density at radius 1 is 1.35 bits per heavy atom. The number of hydrogen-bond donors (Lipinski definition) is 2. The lowest BCUT2D eigenvalue weighted by Gasteiger charge is -2.25. The van der Waals surface area contributed by atoms with Crippen LogP contribution in [0.4, 0.5) is 10.5 Å². The summed E-state index contributed by atoms with van der Waals surface area (Å²) in [5.74, 6) is 0.242. The van der Waals surface area contributed by atoms with Crippen molar-refractivity contribution < 1.29 is 14.6 Å². The quantitative estimate of drug-likeness (QED) is 0.870. The third kappa shape index (κ3) is 5.38. The lowest BCUT2D eigenvalue weighted by Crippen LogP contribution is -2.38. The number of phenols is 1. The summed E-state index contributed by atoms with van der Waals surface area (Å²) in [5.41, 5.74) is 0.271. The van der Waals surface area contributed by atoms with Crippen molar-refractivity contribution in [1.82, 2.24) is 5.32 Å². The summed E-state index contributed by atoms with van der Waals surface area (Å²) in [6.45, 7) is 9.28. The number of hydrogen-bond acceptors (Lipinski definition) is 4. The van der Waals surface area contributed by atoms with Crippen LogP contribution in [0, 0.1) is 0 Å². The van der Waals surface area contributed by atoms with E-state index >= 15 is 0 Å². The Bertz CT molecular complexity index is 441. The molecule has 20 heavy (non-hydrogen) atoms. The van der Waals surface area contributed by atoms with Crippen LogP contribution in [0.1, 0.15) is 27.7 Å². The van der Waals surface area contributed by atoms with E-state index in [-0.39, 0.29) is 5.75 Å². The number of amides is 1. The van der Waals surface area contributed by atoms with Crippen molar-refractivity contribution in [3.05, 3.63) is 24.3 Å². The number of para-hydroxylation sites is 2. The van der Waals surface area contributed by atoms with Crippen LogP contribution in [0.15, 0.2) is 24.3 Å². The van der Waals surface area contributed by atoms with E-state index in [2.05, 4.69) is 5.32 Å². The number of nitrogens with zero attached hydrogens (tertiary/aromatic N) is 1. The van der Waals surface area contributed by atoms with Crippen molar-refractivity contribution in [3.63, 3.8) is 0 Å². The predicted octanol–water partition coefficient (Wildman–Crippen LogP) is 2.74. The standard InChI is InChI=1S/C15H24N2O3/c1-5-17(12-8-6-7-9-13(12)18)11-10-16-14(19)20-15(2,3)4/h6-9,18H,5,10-11H2,1-4H3,(H,16,19). The zero-order chi connectivity index (χ0) is 15.2. The molecule has 0 aliphatic heterocycles. The number of carbonyl (C=O) groups excluding carboxylic acids is 1. The highest BCUT2D eigenvalue weighted by Gasteiger charge is 2.16. The van der Waals surface area contributed by atoms with Gasteiger partial charge in [0.05, 0.1) is 5.69 Å². The van der Waals surface area contributed by atoms with E-state index in [1.807, 2.05) is 44.7 Å². The molecular weight excluding hydrogens is 256 g/mol. The molecule has 1 rings (SSSR count). The van der Waals surface area contributed by atoms with E-state index in [1.165, 1.54) is 0 Å². The number of phenolic OH excluding ortho intramolecular Hbond substituents is 1. The van der Waals surface area contributed by atoms with Crippen molar-refractivity contribution in [1.29, 1.82) is 0 Å². The van der Waals surface area contributed by atoms with Gasteiger partial charge in [0.1, 0.15) is 11.4 Å². The number of aromatic hydroxyl groups is 1. The molecule has 0 aromatic heterocycles. The maximum atomic E-state index is 11.5. The first-order valence-corrected chi connectivity index (χ1v) is 6.83. The molecule has 0 radical (unpaired) electrons. The zero-order valence-corrected chi connectivity index (χ0v) is 12.6. The van der Waals surface area contributed by atoms with Crippen LogP contribution >= 0.6 is 0 Å². The van der Waals surface area contributed by atoms with Gasteiger partial charge in [-0.2, -0.15) is 0 Å². The van der Waals surface area contributed by atoms with Crippen molar-refractivity contribution in [2.45, 2.75) is 33.3 Å². The number of alkyl carbamates (subject to hydrolysis) is 1. The van der Waals surface area contributed by atoms with E-state index in [1.54, 1.807) is 12.1 Å². The molecule has 0 fully saturated rings. The number of likely N-dealkylation sites (N-methyl/N-ethyl adjacent to an activating group) is 1. The molecule has 1 aromatic carbocycles. The molecule has 0 heterocycles. The van der Waals surface area contributed by atoms with Crippen molar-refractivity contribution >= 4 is 11.8 Å².